The van der Waals surface area contributed by atoms with E-state index in [9.17, 15) is 9.59 Å². The average molecular weight is 363 g/mol. The summed E-state index contributed by atoms with van der Waals surface area (Å²) in [5.74, 6) is 0.190. The molecule has 1 N–H and O–H groups in total. The first-order valence-electron chi connectivity index (χ1n) is 8.75. The Morgan fingerprint density at radius 3 is 2.56 bits per heavy atom. The van der Waals surface area contributed by atoms with Crippen LogP contribution in [0.4, 0.5) is 0 Å². The molecule has 1 aromatic heterocycles. The molecule has 0 atom stereocenters. The lowest BCUT2D eigenvalue weighted by Crippen LogP contribution is -2.31. The quantitative estimate of drug-likeness (QED) is 0.731. The van der Waals surface area contributed by atoms with Gasteiger partial charge < -0.3 is 10.1 Å². The maximum absolute atomic E-state index is 12.6. The van der Waals surface area contributed by atoms with Crippen LogP contribution >= 0.6 is 0 Å². The maximum atomic E-state index is 12.6. The minimum atomic E-state index is -0.518. The second-order valence-corrected chi connectivity index (χ2v) is 5.97. The van der Waals surface area contributed by atoms with Crippen molar-refractivity contribution in [3.63, 3.8) is 0 Å². The molecule has 0 saturated heterocycles. The van der Waals surface area contributed by atoms with Crippen LogP contribution in [0.2, 0.25) is 0 Å². The van der Waals surface area contributed by atoms with Crippen molar-refractivity contribution in [3.05, 3.63) is 87.8 Å². The molecule has 0 unspecified atom stereocenters. The molecule has 0 fully saturated rings. The first-order valence-corrected chi connectivity index (χ1v) is 8.75. The number of carbonyl (C=O) groups excluding carboxylic acids is 1. The van der Waals surface area contributed by atoms with E-state index in [1.165, 1.54) is 6.07 Å². The molecule has 27 heavy (non-hydrogen) atoms. The van der Waals surface area contributed by atoms with E-state index in [0.29, 0.717) is 18.1 Å². The topological polar surface area (TPSA) is 73.2 Å². The van der Waals surface area contributed by atoms with Crippen LogP contribution in [0, 0.1) is 6.92 Å². The molecule has 1 amide bonds. The summed E-state index contributed by atoms with van der Waals surface area (Å²) < 4.78 is 7.15. The van der Waals surface area contributed by atoms with Crippen LogP contribution in [0.25, 0.3) is 5.69 Å². The summed E-state index contributed by atoms with van der Waals surface area (Å²) in [6, 6.07) is 18.3. The fourth-order valence-corrected chi connectivity index (χ4v) is 2.74. The molecule has 6 nitrogen and oxygen atoms in total. The second kappa shape index (κ2) is 8.31. The van der Waals surface area contributed by atoms with Gasteiger partial charge in [-0.1, -0.05) is 36.4 Å². The first-order chi connectivity index (χ1) is 13.1. The van der Waals surface area contributed by atoms with Gasteiger partial charge in [-0.2, -0.15) is 5.10 Å². The predicted molar refractivity (Wildman–Crippen MR) is 103 cm³/mol. The van der Waals surface area contributed by atoms with Crippen molar-refractivity contribution in [3.8, 4) is 11.4 Å². The molecule has 138 valence electrons. The average Bonchev–Trinajstić information content (AvgIpc) is 2.68. The highest BCUT2D eigenvalue weighted by Crippen LogP contribution is 2.17. The number of nitrogens with zero attached hydrogens (tertiary/aromatic N) is 2. The van der Waals surface area contributed by atoms with E-state index >= 15 is 0 Å². The highest BCUT2D eigenvalue weighted by atomic mass is 16.5. The zero-order valence-corrected chi connectivity index (χ0v) is 15.3. The third-order valence-electron chi connectivity index (χ3n) is 4.04. The third kappa shape index (κ3) is 4.23. The molecule has 3 aromatic rings. The van der Waals surface area contributed by atoms with Crippen molar-refractivity contribution >= 4 is 5.91 Å². The Kier molecular flexibility index (Phi) is 5.66. The van der Waals surface area contributed by atoms with Crippen LogP contribution in [-0.4, -0.2) is 22.3 Å². The number of benzene rings is 2. The van der Waals surface area contributed by atoms with Crippen LogP contribution in [0.1, 0.15) is 28.7 Å². The molecule has 1 heterocycles. The van der Waals surface area contributed by atoms with Gasteiger partial charge in [0.2, 0.25) is 5.43 Å². The van der Waals surface area contributed by atoms with Crippen LogP contribution in [-0.2, 0) is 6.54 Å². The lowest BCUT2D eigenvalue weighted by molar-refractivity contribution is 0.0942. The zero-order chi connectivity index (χ0) is 19.2. The molecule has 0 aliphatic carbocycles. The summed E-state index contributed by atoms with van der Waals surface area (Å²) in [6.07, 6.45) is 0. The van der Waals surface area contributed by atoms with E-state index in [0.717, 1.165) is 11.3 Å². The molecular formula is C21H21N3O3. The Morgan fingerprint density at radius 2 is 1.81 bits per heavy atom. The van der Waals surface area contributed by atoms with Crippen molar-refractivity contribution < 1.29 is 9.53 Å². The number of para-hydroxylation sites is 2. The van der Waals surface area contributed by atoms with Gasteiger partial charge in [0.05, 0.1) is 12.3 Å². The number of aryl methyl sites for hydroxylation is 1. The molecular weight excluding hydrogens is 342 g/mol. The molecule has 0 saturated carbocycles. The van der Waals surface area contributed by atoms with Crippen molar-refractivity contribution in [1.82, 2.24) is 15.1 Å². The number of hydrogen-bond donors (Lipinski definition) is 1. The van der Waals surface area contributed by atoms with Crippen LogP contribution in [0.15, 0.2) is 65.5 Å². The molecule has 2 aromatic carbocycles. The lowest BCUT2D eigenvalue weighted by atomic mass is 10.2. The fourth-order valence-electron chi connectivity index (χ4n) is 2.74. The lowest BCUT2D eigenvalue weighted by Gasteiger charge is -2.12. The Balaban J connectivity index is 1.84. The van der Waals surface area contributed by atoms with Gasteiger partial charge in [-0.3, -0.25) is 9.59 Å². The molecule has 0 spiro atoms. The standard InChI is InChI=1S/C21H21N3O3/c1-3-27-19-12-8-7-9-16(19)14-22-21(26)20-18(25)13-15(2)24(23-20)17-10-5-4-6-11-17/h4-13H,3,14H2,1-2H3,(H,22,26). The van der Waals surface area contributed by atoms with E-state index in [-0.39, 0.29) is 12.2 Å². The van der Waals surface area contributed by atoms with Gasteiger partial charge in [0, 0.05) is 23.9 Å². The van der Waals surface area contributed by atoms with Gasteiger partial charge in [-0.15, -0.1) is 0 Å². The molecule has 0 radical (unpaired) electrons. The van der Waals surface area contributed by atoms with Crippen LogP contribution < -0.4 is 15.5 Å². The Hall–Kier alpha value is -3.41. The van der Waals surface area contributed by atoms with E-state index < -0.39 is 11.3 Å². The highest BCUT2D eigenvalue weighted by Gasteiger charge is 2.15. The largest absolute Gasteiger partial charge is 0.494 e. The van der Waals surface area contributed by atoms with E-state index in [4.69, 9.17) is 4.74 Å². The maximum Gasteiger partial charge on any atom is 0.276 e. The number of nitrogens with one attached hydrogen (secondary N) is 1. The molecule has 0 bridgehead atoms. The van der Waals surface area contributed by atoms with E-state index in [2.05, 4.69) is 10.4 Å². The third-order valence-corrected chi connectivity index (χ3v) is 4.04. The fraction of sp³-hybridized carbons (Fsp3) is 0.190. The van der Waals surface area contributed by atoms with Gasteiger partial charge in [0.15, 0.2) is 5.69 Å². The van der Waals surface area contributed by atoms with Gasteiger partial charge in [0.25, 0.3) is 5.91 Å². The van der Waals surface area contributed by atoms with Gasteiger partial charge in [-0.05, 0) is 32.0 Å². The normalized spacial score (nSPS) is 10.4. The van der Waals surface area contributed by atoms with Gasteiger partial charge in [0.1, 0.15) is 5.75 Å². The van der Waals surface area contributed by atoms with Crippen molar-refractivity contribution in [1.29, 1.82) is 0 Å². The summed E-state index contributed by atoms with van der Waals surface area (Å²) in [5, 5.41) is 7.03. The molecule has 0 aliphatic rings. The van der Waals surface area contributed by atoms with Crippen LogP contribution in [0.5, 0.6) is 5.75 Å². The van der Waals surface area contributed by atoms with Crippen molar-refractivity contribution in [2.75, 3.05) is 6.61 Å². The second-order valence-electron chi connectivity index (χ2n) is 5.97. The van der Waals surface area contributed by atoms with E-state index in [1.54, 1.807) is 11.6 Å². The summed E-state index contributed by atoms with van der Waals surface area (Å²) in [4.78, 5) is 24.9. The smallest absolute Gasteiger partial charge is 0.276 e. The predicted octanol–water partition coefficient (Wildman–Crippen LogP) is 2.87. The number of rotatable bonds is 6. The first kappa shape index (κ1) is 18.4. The minimum Gasteiger partial charge on any atom is -0.494 e. The highest BCUT2D eigenvalue weighted by molar-refractivity contribution is 5.92. The molecule has 3 rings (SSSR count). The van der Waals surface area contributed by atoms with Crippen molar-refractivity contribution in [2.24, 2.45) is 0 Å². The SMILES string of the molecule is CCOc1ccccc1CNC(=O)c1nn(-c2ccccc2)c(C)cc1=O. The van der Waals surface area contributed by atoms with Gasteiger partial charge in [-0.25, -0.2) is 4.68 Å². The summed E-state index contributed by atoms with van der Waals surface area (Å²) in [6.45, 7) is 4.46. The number of aromatic nitrogens is 2. The number of ether oxygens (including phenoxy) is 1. The van der Waals surface area contributed by atoms with E-state index in [1.807, 2.05) is 61.5 Å². The van der Waals surface area contributed by atoms with Crippen LogP contribution in [0.3, 0.4) is 0 Å². The molecule has 0 aliphatic heterocycles. The van der Waals surface area contributed by atoms with Crippen molar-refractivity contribution in [2.45, 2.75) is 20.4 Å². The number of carbonyl (C=O) groups is 1. The minimum absolute atomic E-state index is 0.140. The molecule has 6 heteroatoms. The summed E-state index contributed by atoms with van der Waals surface area (Å²) >= 11 is 0. The number of amides is 1. The summed E-state index contributed by atoms with van der Waals surface area (Å²) in [7, 11) is 0. The monoisotopic (exact) mass is 363 g/mol. The Labute approximate surface area is 157 Å². The summed E-state index contributed by atoms with van der Waals surface area (Å²) in [5.41, 5.74) is 1.73. The Morgan fingerprint density at radius 1 is 1.11 bits per heavy atom. The Bertz CT molecular complexity index is 997. The number of hydrogen-bond acceptors (Lipinski definition) is 4. The zero-order valence-electron chi connectivity index (χ0n) is 15.3. The van der Waals surface area contributed by atoms with Gasteiger partial charge >= 0.3 is 0 Å².